The maximum absolute atomic E-state index is 13.8. The van der Waals surface area contributed by atoms with E-state index in [1.807, 2.05) is 19.0 Å². The fourth-order valence-corrected chi connectivity index (χ4v) is 2.39. The third kappa shape index (κ3) is 3.59. The van der Waals surface area contributed by atoms with Crippen molar-refractivity contribution in [1.82, 2.24) is 10.2 Å². The summed E-state index contributed by atoms with van der Waals surface area (Å²) in [4.78, 5) is 27.4. The quantitative estimate of drug-likeness (QED) is 0.825. The number of carbonyl (C=O) groups excluding carboxylic acids is 2. The van der Waals surface area contributed by atoms with E-state index in [2.05, 4.69) is 5.32 Å². The Bertz CT molecular complexity index is 578. The number of anilines is 1. The van der Waals surface area contributed by atoms with Gasteiger partial charge in [0.25, 0.3) is 0 Å². The summed E-state index contributed by atoms with van der Waals surface area (Å²) >= 11 is 0. The van der Waals surface area contributed by atoms with E-state index >= 15 is 0 Å². The topological polar surface area (TPSA) is 52.7 Å². The molecule has 1 saturated heterocycles. The molecule has 7 heteroatoms. The van der Waals surface area contributed by atoms with Crippen LogP contribution >= 0.6 is 0 Å². The first kappa shape index (κ1) is 16.4. The number of nitrogens with zero attached hydrogens (tertiary/aromatic N) is 2. The smallest absolute Gasteiger partial charge is 0.239 e. The predicted octanol–water partition coefficient (Wildman–Crippen LogP) is 0.995. The van der Waals surface area contributed by atoms with E-state index in [0.29, 0.717) is 19.5 Å². The van der Waals surface area contributed by atoms with Gasteiger partial charge in [-0.2, -0.15) is 0 Å². The van der Waals surface area contributed by atoms with E-state index in [9.17, 15) is 18.4 Å². The van der Waals surface area contributed by atoms with Gasteiger partial charge < -0.3 is 15.1 Å². The van der Waals surface area contributed by atoms with Crippen LogP contribution in [0.1, 0.15) is 6.42 Å². The number of halogens is 2. The first-order valence-electron chi connectivity index (χ1n) is 7.09. The van der Waals surface area contributed by atoms with E-state index in [0.717, 1.165) is 12.1 Å². The molecule has 0 aromatic heterocycles. The SMILES string of the molecule is CN(C)CCNC(=O)C1CCN(c2ccc(F)cc2F)C1=O. The van der Waals surface area contributed by atoms with Crippen LogP contribution in [-0.2, 0) is 9.59 Å². The van der Waals surface area contributed by atoms with E-state index in [1.165, 1.54) is 11.0 Å². The Morgan fingerprint density at radius 2 is 2.14 bits per heavy atom. The van der Waals surface area contributed by atoms with Crippen LogP contribution in [0.4, 0.5) is 14.5 Å². The van der Waals surface area contributed by atoms with Crippen LogP contribution in [0.3, 0.4) is 0 Å². The summed E-state index contributed by atoms with van der Waals surface area (Å²) < 4.78 is 26.7. The van der Waals surface area contributed by atoms with Gasteiger partial charge in [0.05, 0.1) is 5.69 Å². The first-order valence-corrected chi connectivity index (χ1v) is 7.09. The number of carbonyl (C=O) groups is 2. The van der Waals surface area contributed by atoms with Gasteiger partial charge in [-0.25, -0.2) is 8.78 Å². The third-order valence-corrected chi connectivity index (χ3v) is 3.58. The molecule has 0 saturated carbocycles. The summed E-state index contributed by atoms with van der Waals surface area (Å²) in [5.74, 6) is -3.12. The van der Waals surface area contributed by atoms with Gasteiger partial charge in [0, 0.05) is 25.7 Å². The largest absolute Gasteiger partial charge is 0.354 e. The van der Waals surface area contributed by atoms with Crippen LogP contribution in [0.5, 0.6) is 0 Å². The lowest BCUT2D eigenvalue weighted by molar-refractivity contribution is -0.132. The fourth-order valence-electron chi connectivity index (χ4n) is 2.39. The predicted molar refractivity (Wildman–Crippen MR) is 78.4 cm³/mol. The number of benzene rings is 1. The molecule has 1 heterocycles. The van der Waals surface area contributed by atoms with Crippen LogP contribution in [0.15, 0.2) is 18.2 Å². The van der Waals surface area contributed by atoms with Crippen molar-refractivity contribution in [3.63, 3.8) is 0 Å². The Morgan fingerprint density at radius 1 is 1.41 bits per heavy atom. The molecule has 1 aromatic carbocycles. The zero-order valence-corrected chi connectivity index (χ0v) is 12.6. The molecule has 120 valence electrons. The average Bonchev–Trinajstić information content (AvgIpc) is 2.80. The van der Waals surface area contributed by atoms with Crippen LogP contribution in [0.2, 0.25) is 0 Å². The van der Waals surface area contributed by atoms with E-state index in [-0.39, 0.29) is 18.1 Å². The fraction of sp³-hybridized carbons (Fsp3) is 0.467. The van der Waals surface area contributed by atoms with Gasteiger partial charge in [-0.1, -0.05) is 0 Å². The average molecular weight is 311 g/mol. The van der Waals surface area contributed by atoms with E-state index in [4.69, 9.17) is 0 Å². The van der Waals surface area contributed by atoms with Crippen LogP contribution < -0.4 is 10.2 Å². The Morgan fingerprint density at radius 3 is 2.77 bits per heavy atom. The summed E-state index contributed by atoms with van der Waals surface area (Å²) in [6.07, 6.45) is 0.323. The van der Waals surface area contributed by atoms with Crippen molar-refractivity contribution >= 4 is 17.5 Å². The van der Waals surface area contributed by atoms with Crippen molar-refractivity contribution in [3.8, 4) is 0 Å². The molecule has 2 amide bonds. The molecular formula is C15H19F2N3O2. The van der Waals surface area contributed by atoms with Gasteiger partial charge in [-0.15, -0.1) is 0 Å². The lowest BCUT2D eigenvalue weighted by atomic mass is 10.1. The second-order valence-electron chi connectivity index (χ2n) is 5.52. The lowest BCUT2D eigenvalue weighted by Crippen LogP contribution is -2.39. The first-order chi connectivity index (χ1) is 10.4. The van der Waals surface area contributed by atoms with E-state index in [1.54, 1.807) is 0 Å². The highest BCUT2D eigenvalue weighted by Crippen LogP contribution is 2.28. The zero-order valence-electron chi connectivity index (χ0n) is 12.6. The number of nitrogens with one attached hydrogen (secondary N) is 1. The number of hydrogen-bond acceptors (Lipinski definition) is 3. The molecule has 5 nitrogen and oxygen atoms in total. The highest BCUT2D eigenvalue weighted by molar-refractivity contribution is 6.09. The summed E-state index contributed by atoms with van der Waals surface area (Å²) in [6, 6.07) is 3.04. The molecule has 2 rings (SSSR count). The van der Waals surface area contributed by atoms with Crippen molar-refractivity contribution in [1.29, 1.82) is 0 Å². The minimum Gasteiger partial charge on any atom is -0.354 e. The number of hydrogen-bond donors (Lipinski definition) is 1. The van der Waals surface area contributed by atoms with Crippen molar-refractivity contribution in [2.24, 2.45) is 5.92 Å². The van der Waals surface area contributed by atoms with Crippen molar-refractivity contribution in [2.75, 3.05) is 38.6 Å². The minimum atomic E-state index is -0.813. The summed E-state index contributed by atoms with van der Waals surface area (Å²) in [5.41, 5.74) is 0.00925. The normalized spacial score (nSPS) is 18.1. The highest BCUT2D eigenvalue weighted by Gasteiger charge is 2.38. The van der Waals surface area contributed by atoms with Crippen molar-refractivity contribution in [3.05, 3.63) is 29.8 Å². The van der Waals surface area contributed by atoms with Gasteiger partial charge in [0.2, 0.25) is 11.8 Å². The number of amides is 2. The van der Waals surface area contributed by atoms with Crippen molar-refractivity contribution < 1.29 is 18.4 Å². The van der Waals surface area contributed by atoms with Crippen molar-refractivity contribution in [2.45, 2.75) is 6.42 Å². The molecule has 0 aliphatic carbocycles. The van der Waals surface area contributed by atoms with Gasteiger partial charge in [0.15, 0.2) is 0 Å². The second kappa shape index (κ2) is 6.83. The van der Waals surface area contributed by atoms with Crippen LogP contribution in [0.25, 0.3) is 0 Å². The third-order valence-electron chi connectivity index (χ3n) is 3.58. The Balaban J connectivity index is 2.01. The Kier molecular flexibility index (Phi) is 5.07. The Labute approximate surface area is 127 Å². The van der Waals surface area contributed by atoms with Gasteiger partial charge >= 0.3 is 0 Å². The molecule has 1 fully saturated rings. The molecule has 1 unspecified atom stereocenters. The van der Waals surface area contributed by atoms with Crippen LogP contribution in [-0.4, -0.2) is 50.4 Å². The number of likely N-dealkylation sites (N-methyl/N-ethyl adjacent to an activating group) is 1. The van der Waals surface area contributed by atoms with Crippen LogP contribution in [0, 0.1) is 17.6 Å². The van der Waals surface area contributed by atoms with Gasteiger partial charge in [-0.3, -0.25) is 9.59 Å². The molecule has 1 atom stereocenters. The zero-order chi connectivity index (χ0) is 16.3. The monoisotopic (exact) mass is 311 g/mol. The molecule has 0 radical (unpaired) electrons. The maximum Gasteiger partial charge on any atom is 0.239 e. The molecule has 1 aliphatic heterocycles. The molecule has 0 bridgehead atoms. The molecule has 0 spiro atoms. The molecule has 1 N–H and O–H groups in total. The standard InChI is InChI=1S/C15H19F2N3O2/c1-19(2)8-6-18-14(21)11-5-7-20(15(11)22)13-4-3-10(16)9-12(13)17/h3-4,9,11H,5-8H2,1-2H3,(H,18,21). The minimum absolute atomic E-state index is 0.00925. The van der Waals surface area contributed by atoms with E-state index < -0.39 is 23.5 Å². The summed E-state index contributed by atoms with van der Waals surface area (Å²) in [5, 5.41) is 2.70. The second-order valence-corrected chi connectivity index (χ2v) is 5.52. The van der Waals surface area contributed by atoms with Gasteiger partial charge in [-0.05, 0) is 32.6 Å². The summed E-state index contributed by atoms with van der Waals surface area (Å²) in [6.45, 7) is 1.36. The van der Waals surface area contributed by atoms with Gasteiger partial charge in [0.1, 0.15) is 17.6 Å². The molecule has 22 heavy (non-hydrogen) atoms. The molecule has 1 aromatic rings. The maximum atomic E-state index is 13.8. The number of rotatable bonds is 5. The lowest BCUT2D eigenvalue weighted by Gasteiger charge is -2.17. The molecular weight excluding hydrogens is 292 g/mol. The Hall–Kier alpha value is -2.02. The highest BCUT2D eigenvalue weighted by atomic mass is 19.1. The molecule has 1 aliphatic rings. The summed E-state index contributed by atoms with van der Waals surface area (Å²) in [7, 11) is 3.76.